The van der Waals surface area contributed by atoms with Gasteiger partial charge in [-0.25, -0.2) is 4.98 Å². The fraction of sp³-hybridized carbons (Fsp3) is 0.579. The second-order valence-corrected chi connectivity index (χ2v) is 9.05. The summed E-state index contributed by atoms with van der Waals surface area (Å²) >= 11 is 1.61. The number of hydrogen-bond acceptors (Lipinski definition) is 4. The Labute approximate surface area is 143 Å². The molecule has 0 amide bonds. The molecular formula is C19H27NO2S. The van der Waals surface area contributed by atoms with Gasteiger partial charge >= 0.3 is 5.97 Å². The SMILES string of the molecule is CCOC(=O)Cc1nc2cc(C(C)(C)C)cc(C(C)(C)C)c2s1. The Morgan fingerprint density at radius 1 is 1.13 bits per heavy atom. The van der Waals surface area contributed by atoms with Crippen LogP contribution in [-0.4, -0.2) is 17.6 Å². The van der Waals surface area contributed by atoms with Gasteiger partial charge in [-0.3, -0.25) is 4.79 Å². The largest absolute Gasteiger partial charge is 0.466 e. The van der Waals surface area contributed by atoms with Crippen LogP contribution in [0.15, 0.2) is 12.1 Å². The third-order valence-electron chi connectivity index (χ3n) is 3.81. The highest BCUT2D eigenvalue weighted by atomic mass is 32.1. The lowest BCUT2D eigenvalue weighted by Crippen LogP contribution is -2.16. The van der Waals surface area contributed by atoms with Crippen molar-refractivity contribution in [3.8, 4) is 0 Å². The molecule has 2 aromatic rings. The lowest BCUT2D eigenvalue weighted by molar-refractivity contribution is -0.142. The van der Waals surface area contributed by atoms with E-state index in [9.17, 15) is 4.79 Å². The van der Waals surface area contributed by atoms with E-state index in [2.05, 4.69) is 53.7 Å². The minimum absolute atomic E-state index is 0.0350. The van der Waals surface area contributed by atoms with Gasteiger partial charge in [0.05, 0.1) is 23.2 Å². The van der Waals surface area contributed by atoms with Crippen LogP contribution in [0.3, 0.4) is 0 Å². The van der Waals surface area contributed by atoms with Crippen molar-refractivity contribution >= 4 is 27.5 Å². The maximum Gasteiger partial charge on any atom is 0.312 e. The molecule has 0 unspecified atom stereocenters. The maximum absolute atomic E-state index is 11.7. The van der Waals surface area contributed by atoms with Crippen LogP contribution in [0.5, 0.6) is 0 Å². The van der Waals surface area contributed by atoms with Gasteiger partial charge in [0, 0.05) is 0 Å². The van der Waals surface area contributed by atoms with Crippen LogP contribution in [0.1, 0.15) is 64.6 Å². The Bertz CT molecular complexity index is 717. The zero-order valence-corrected chi connectivity index (χ0v) is 16.1. The molecule has 126 valence electrons. The summed E-state index contributed by atoms with van der Waals surface area (Å²) in [5.41, 5.74) is 3.67. The predicted molar refractivity (Wildman–Crippen MR) is 97.4 cm³/mol. The van der Waals surface area contributed by atoms with E-state index in [1.54, 1.807) is 11.3 Å². The first-order chi connectivity index (χ1) is 10.5. The average molecular weight is 333 g/mol. The number of carbonyl (C=O) groups is 1. The molecule has 4 heteroatoms. The van der Waals surface area contributed by atoms with Crippen molar-refractivity contribution in [2.45, 2.75) is 65.7 Å². The molecule has 0 spiro atoms. The minimum Gasteiger partial charge on any atom is -0.466 e. The summed E-state index contributed by atoms with van der Waals surface area (Å²) in [6.45, 7) is 15.5. The summed E-state index contributed by atoms with van der Waals surface area (Å²) in [5, 5.41) is 0.829. The van der Waals surface area contributed by atoms with Gasteiger partial charge in [-0.15, -0.1) is 11.3 Å². The third kappa shape index (κ3) is 4.11. The standard InChI is InChI=1S/C19H27NO2S/c1-8-22-16(21)11-15-20-14-10-12(18(2,3)4)9-13(17(14)23-15)19(5,6)7/h9-10H,8,11H2,1-7H3. The van der Waals surface area contributed by atoms with E-state index >= 15 is 0 Å². The smallest absolute Gasteiger partial charge is 0.312 e. The van der Waals surface area contributed by atoms with Crippen LogP contribution in [0.4, 0.5) is 0 Å². The first-order valence-electron chi connectivity index (χ1n) is 8.12. The van der Waals surface area contributed by atoms with E-state index in [1.807, 2.05) is 6.92 Å². The number of carbonyl (C=O) groups excluding carboxylic acids is 1. The number of esters is 1. The number of nitrogens with zero attached hydrogens (tertiary/aromatic N) is 1. The van der Waals surface area contributed by atoms with E-state index in [-0.39, 0.29) is 23.2 Å². The van der Waals surface area contributed by atoms with Crippen LogP contribution in [0.2, 0.25) is 0 Å². The molecule has 0 aliphatic heterocycles. The normalized spacial score (nSPS) is 12.7. The molecular weight excluding hydrogens is 306 g/mol. The van der Waals surface area contributed by atoms with Crippen LogP contribution < -0.4 is 0 Å². The van der Waals surface area contributed by atoms with Gasteiger partial charge < -0.3 is 4.74 Å². The van der Waals surface area contributed by atoms with Crippen molar-refractivity contribution in [3.05, 3.63) is 28.3 Å². The Morgan fingerprint density at radius 2 is 1.78 bits per heavy atom. The highest BCUT2D eigenvalue weighted by Crippen LogP contribution is 2.37. The summed E-state index contributed by atoms with van der Waals surface area (Å²) in [4.78, 5) is 16.4. The van der Waals surface area contributed by atoms with Gasteiger partial charge in [-0.05, 0) is 34.9 Å². The van der Waals surface area contributed by atoms with Crippen molar-refractivity contribution in [2.24, 2.45) is 0 Å². The number of rotatable bonds is 3. The van der Waals surface area contributed by atoms with Gasteiger partial charge in [-0.2, -0.15) is 0 Å². The molecule has 0 N–H and O–H groups in total. The van der Waals surface area contributed by atoms with E-state index in [0.29, 0.717) is 6.61 Å². The highest BCUT2D eigenvalue weighted by Gasteiger charge is 2.24. The molecule has 0 saturated heterocycles. The van der Waals surface area contributed by atoms with Gasteiger partial charge in [-0.1, -0.05) is 47.6 Å². The average Bonchev–Trinajstić information content (AvgIpc) is 2.77. The lowest BCUT2D eigenvalue weighted by atomic mass is 9.80. The monoisotopic (exact) mass is 333 g/mol. The molecule has 2 rings (SSSR count). The molecule has 0 saturated carbocycles. The number of aromatic nitrogens is 1. The molecule has 0 radical (unpaired) electrons. The summed E-state index contributed by atoms with van der Waals surface area (Å²) < 4.78 is 6.23. The fourth-order valence-corrected chi connectivity index (χ4v) is 3.73. The Balaban J connectivity index is 2.57. The summed E-state index contributed by atoms with van der Waals surface area (Å²) in [6.07, 6.45) is 0.252. The van der Waals surface area contributed by atoms with Crippen LogP contribution in [0.25, 0.3) is 10.2 Å². The Hall–Kier alpha value is -1.42. The van der Waals surface area contributed by atoms with Gasteiger partial charge in [0.1, 0.15) is 5.01 Å². The van der Waals surface area contributed by atoms with Gasteiger partial charge in [0.25, 0.3) is 0 Å². The first kappa shape index (κ1) is 17.9. The molecule has 0 bridgehead atoms. The number of thiazole rings is 1. The van der Waals surface area contributed by atoms with Crippen LogP contribution >= 0.6 is 11.3 Å². The minimum atomic E-state index is -0.208. The van der Waals surface area contributed by atoms with Gasteiger partial charge in [0.15, 0.2) is 0 Å². The maximum atomic E-state index is 11.7. The van der Waals surface area contributed by atoms with Crippen LogP contribution in [0, 0.1) is 0 Å². The molecule has 0 aliphatic rings. The van der Waals surface area contributed by atoms with Crippen molar-refractivity contribution < 1.29 is 9.53 Å². The zero-order chi connectivity index (χ0) is 17.4. The van der Waals surface area contributed by atoms with E-state index < -0.39 is 0 Å². The number of hydrogen-bond donors (Lipinski definition) is 0. The Kier molecular flexibility index (Phi) is 4.86. The third-order valence-corrected chi connectivity index (χ3v) is 4.91. The number of fused-ring (bicyclic) bond motifs is 1. The Morgan fingerprint density at radius 3 is 2.30 bits per heavy atom. The molecule has 1 aromatic heterocycles. The molecule has 0 atom stereocenters. The van der Waals surface area contributed by atoms with Crippen molar-refractivity contribution in [3.63, 3.8) is 0 Å². The predicted octanol–water partition coefficient (Wildman–Crippen LogP) is 5.00. The van der Waals surface area contributed by atoms with E-state index in [1.165, 1.54) is 15.8 Å². The number of benzene rings is 1. The van der Waals surface area contributed by atoms with Crippen LogP contribution in [-0.2, 0) is 26.8 Å². The van der Waals surface area contributed by atoms with E-state index in [4.69, 9.17) is 9.72 Å². The molecule has 0 fully saturated rings. The summed E-state index contributed by atoms with van der Waals surface area (Å²) in [5.74, 6) is -0.208. The quantitative estimate of drug-likeness (QED) is 0.742. The van der Waals surface area contributed by atoms with Crippen molar-refractivity contribution in [1.29, 1.82) is 0 Å². The second-order valence-electron chi connectivity index (χ2n) is 7.96. The molecule has 0 aliphatic carbocycles. The van der Waals surface area contributed by atoms with Gasteiger partial charge in [0.2, 0.25) is 0 Å². The number of ether oxygens (including phenoxy) is 1. The molecule has 23 heavy (non-hydrogen) atoms. The summed E-state index contributed by atoms with van der Waals surface area (Å²) in [7, 11) is 0. The first-order valence-corrected chi connectivity index (χ1v) is 8.94. The zero-order valence-electron chi connectivity index (χ0n) is 15.2. The lowest BCUT2D eigenvalue weighted by Gasteiger charge is -2.25. The highest BCUT2D eigenvalue weighted by molar-refractivity contribution is 7.18. The van der Waals surface area contributed by atoms with Crippen molar-refractivity contribution in [1.82, 2.24) is 4.98 Å². The van der Waals surface area contributed by atoms with E-state index in [0.717, 1.165) is 10.5 Å². The second kappa shape index (κ2) is 6.23. The van der Waals surface area contributed by atoms with Crippen molar-refractivity contribution in [2.75, 3.05) is 6.61 Å². The molecule has 1 aromatic carbocycles. The summed E-state index contributed by atoms with van der Waals surface area (Å²) in [6, 6.07) is 4.46. The topological polar surface area (TPSA) is 39.2 Å². The fourth-order valence-electron chi connectivity index (χ4n) is 2.48. The molecule has 3 nitrogen and oxygen atoms in total. The molecule has 1 heterocycles.